The van der Waals surface area contributed by atoms with Gasteiger partial charge in [0.05, 0.1) is 6.42 Å². The van der Waals surface area contributed by atoms with Gasteiger partial charge in [0.15, 0.2) is 5.78 Å². The van der Waals surface area contributed by atoms with Crippen LogP contribution in [0.25, 0.3) is 0 Å². The number of Topliss-reactive ketones (excluding diaryl/α,β-unsaturated/α-hetero) is 1. The van der Waals surface area contributed by atoms with Crippen molar-refractivity contribution in [2.75, 3.05) is 7.11 Å². The van der Waals surface area contributed by atoms with E-state index in [-0.39, 0.29) is 40.8 Å². The molecule has 3 rings (SSSR count). The van der Waals surface area contributed by atoms with Crippen LogP contribution in [0.2, 0.25) is 0 Å². The number of fused-ring (bicyclic) bond motifs is 1. The van der Waals surface area contributed by atoms with E-state index in [0.717, 1.165) is 6.07 Å². The summed E-state index contributed by atoms with van der Waals surface area (Å²) in [7, 11) is 1.36. The number of aromatic hydroxyl groups is 3. The van der Waals surface area contributed by atoms with Crippen LogP contribution in [-0.2, 0) is 10.5 Å². The van der Waals surface area contributed by atoms with Crippen molar-refractivity contribution in [3.63, 3.8) is 0 Å². The Balaban J connectivity index is 2.14. The van der Waals surface area contributed by atoms with Crippen molar-refractivity contribution in [2.45, 2.75) is 12.2 Å². The normalized spacial score (nSPS) is 20.3. The maximum absolute atomic E-state index is 12.4. The van der Waals surface area contributed by atoms with Crippen molar-refractivity contribution >= 4 is 5.78 Å². The minimum atomic E-state index is -1.48. The Morgan fingerprint density at radius 1 is 1.14 bits per heavy atom. The van der Waals surface area contributed by atoms with Gasteiger partial charge in [-0.25, -0.2) is 0 Å². The van der Waals surface area contributed by atoms with Gasteiger partial charge in [-0.1, -0.05) is 6.07 Å². The highest BCUT2D eigenvalue weighted by Crippen LogP contribution is 2.44. The molecule has 0 aromatic heterocycles. The van der Waals surface area contributed by atoms with Crippen LogP contribution in [0, 0.1) is 0 Å². The lowest BCUT2D eigenvalue weighted by atomic mass is 9.92. The number of phenols is 3. The lowest BCUT2D eigenvalue weighted by molar-refractivity contribution is -0.173. The molecule has 0 saturated heterocycles. The lowest BCUT2D eigenvalue weighted by Crippen LogP contribution is -2.41. The molecule has 22 heavy (non-hydrogen) atoms. The predicted molar refractivity (Wildman–Crippen MR) is 76.1 cm³/mol. The molecule has 1 aliphatic heterocycles. The molecular weight excluding hydrogens is 288 g/mol. The fourth-order valence-corrected chi connectivity index (χ4v) is 2.61. The van der Waals surface area contributed by atoms with Gasteiger partial charge in [0, 0.05) is 18.7 Å². The molecular formula is C16H14O6. The summed E-state index contributed by atoms with van der Waals surface area (Å²) in [6, 6.07) is 8.36. The molecule has 3 N–H and O–H groups in total. The van der Waals surface area contributed by atoms with Gasteiger partial charge < -0.3 is 24.8 Å². The maximum Gasteiger partial charge on any atom is 0.244 e. The molecule has 0 bridgehead atoms. The quantitative estimate of drug-likeness (QED) is 0.787. The number of phenolic OH excluding ortho intramolecular Hbond substituents is 3. The third-order valence-corrected chi connectivity index (χ3v) is 3.62. The second-order valence-electron chi connectivity index (χ2n) is 5.05. The third kappa shape index (κ3) is 2.14. The summed E-state index contributed by atoms with van der Waals surface area (Å²) in [4.78, 5) is 12.4. The zero-order valence-electron chi connectivity index (χ0n) is 11.7. The second-order valence-corrected chi connectivity index (χ2v) is 5.05. The summed E-state index contributed by atoms with van der Waals surface area (Å²) < 4.78 is 11.2. The van der Waals surface area contributed by atoms with Crippen molar-refractivity contribution in [2.24, 2.45) is 0 Å². The topological polar surface area (TPSA) is 96.2 Å². The Labute approximate surface area is 126 Å². The number of ether oxygens (including phenoxy) is 2. The van der Waals surface area contributed by atoms with Gasteiger partial charge in [0.2, 0.25) is 5.79 Å². The standard InChI is InChI=1S/C16H14O6/c1-21-16(9-5-10(17)7-11(18)6-9)8-13(20)15-12(19)3-2-4-14(15)22-16/h2-7,17-19H,8H2,1H3. The van der Waals surface area contributed by atoms with Crippen molar-refractivity contribution in [1.29, 1.82) is 0 Å². The zero-order chi connectivity index (χ0) is 15.9. The first-order valence-corrected chi connectivity index (χ1v) is 6.58. The Bertz CT molecular complexity index is 734. The number of ketones is 1. The van der Waals surface area contributed by atoms with Crippen molar-refractivity contribution in [3.8, 4) is 23.0 Å². The molecule has 2 aromatic carbocycles. The number of hydrogen-bond donors (Lipinski definition) is 3. The first-order valence-electron chi connectivity index (χ1n) is 6.58. The number of carbonyl (C=O) groups is 1. The highest BCUT2D eigenvalue weighted by atomic mass is 16.7. The molecule has 2 aromatic rings. The molecule has 1 heterocycles. The molecule has 0 saturated carbocycles. The van der Waals surface area contributed by atoms with Gasteiger partial charge in [-0.2, -0.15) is 0 Å². The van der Waals surface area contributed by atoms with Crippen molar-refractivity contribution in [3.05, 3.63) is 47.5 Å². The third-order valence-electron chi connectivity index (χ3n) is 3.62. The average molecular weight is 302 g/mol. The summed E-state index contributed by atoms with van der Waals surface area (Å²) in [5.74, 6) is -2.17. The summed E-state index contributed by atoms with van der Waals surface area (Å²) in [6.07, 6.45) is -0.197. The largest absolute Gasteiger partial charge is 0.508 e. The zero-order valence-corrected chi connectivity index (χ0v) is 11.7. The fraction of sp³-hybridized carbons (Fsp3) is 0.188. The van der Waals surface area contributed by atoms with E-state index < -0.39 is 5.79 Å². The van der Waals surface area contributed by atoms with E-state index >= 15 is 0 Å². The SMILES string of the molecule is COC1(c2cc(O)cc(O)c2)CC(=O)c2c(O)cccc2O1. The number of methoxy groups -OCH3 is 1. The average Bonchev–Trinajstić information content (AvgIpc) is 2.45. The van der Waals surface area contributed by atoms with E-state index in [9.17, 15) is 20.1 Å². The highest BCUT2D eigenvalue weighted by molar-refractivity contribution is 6.02. The predicted octanol–water partition coefficient (Wildman–Crippen LogP) is 2.27. The number of hydrogen-bond acceptors (Lipinski definition) is 6. The van der Waals surface area contributed by atoms with Crippen molar-refractivity contribution in [1.82, 2.24) is 0 Å². The summed E-state index contributed by atoms with van der Waals surface area (Å²) >= 11 is 0. The summed E-state index contributed by atoms with van der Waals surface area (Å²) in [6.45, 7) is 0. The van der Waals surface area contributed by atoms with E-state index in [2.05, 4.69) is 0 Å². The Kier molecular flexibility index (Phi) is 3.18. The van der Waals surface area contributed by atoms with Gasteiger partial charge in [0.25, 0.3) is 0 Å². The number of rotatable bonds is 2. The molecule has 6 heteroatoms. The minimum absolute atomic E-state index is 0.0968. The van der Waals surface area contributed by atoms with Crippen LogP contribution < -0.4 is 4.74 Å². The monoisotopic (exact) mass is 302 g/mol. The van der Waals surface area contributed by atoms with Crippen LogP contribution in [0.5, 0.6) is 23.0 Å². The Morgan fingerprint density at radius 2 is 1.82 bits per heavy atom. The van der Waals surface area contributed by atoms with E-state index in [0.29, 0.717) is 5.56 Å². The first kappa shape index (κ1) is 14.2. The van der Waals surface area contributed by atoms with Gasteiger partial charge in [-0.05, 0) is 24.3 Å². The van der Waals surface area contributed by atoms with Crippen LogP contribution in [0.15, 0.2) is 36.4 Å². The molecule has 1 atom stereocenters. The van der Waals surface area contributed by atoms with E-state index in [1.807, 2.05) is 0 Å². The van der Waals surface area contributed by atoms with E-state index in [1.54, 1.807) is 12.1 Å². The molecule has 0 spiro atoms. The fourth-order valence-electron chi connectivity index (χ4n) is 2.61. The highest BCUT2D eigenvalue weighted by Gasteiger charge is 2.44. The van der Waals surface area contributed by atoms with Crippen LogP contribution in [0.4, 0.5) is 0 Å². The number of carbonyl (C=O) groups excluding carboxylic acids is 1. The van der Waals surface area contributed by atoms with Crippen LogP contribution >= 0.6 is 0 Å². The molecule has 0 radical (unpaired) electrons. The van der Waals surface area contributed by atoms with Crippen LogP contribution in [-0.4, -0.2) is 28.2 Å². The lowest BCUT2D eigenvalue weighted by Gasteiger charge is -2.36. The smallest absolute Gasteiger partial charge is 0.244 e. The molecule has 0 amide bonds. The molecule has 114 valence electrons. The second kappa shape index (κ2) is 4.92. The Hall–Kier alpha value is -2.73. The molecule has 6 nitrogen and oxygen atoms in total. The summed E-state index contributed by atoms with van der Waals surface area (Å²) in [5, 5.41) is 29.1. The van der Waals surface area contributed by atoms with Gasteiger partial charge in [-0.3, -0.25) is 4.79 Å². The molecule has 1 unspecified atom stereocenters. The minimum Gasteiger partial charge on any atom is -0.508 e. The van der Waals surface area contributed by atoms with Gasteiger partial charge >= 0.3 is 0 Å². The van der Waals surface area contributed by atoms with E-state index in [4.69, 9.17) is 9.47 Å². The first-order chi connectivity index (χ1) is 10.4. The van der Waals surface area contributed by atoms with Crippen molar-refractivity contribution < 1.29 is 29.6 Å². The molecule has 1 aliphatic rings. The molecule has 0 fully saturated rings. The number of benzene rings is 2. The Morgan fingerprint density at radius 3 is 2.45 bits per heavy atom. The van der Waals surface area contributed by atoms with Crippen LogP contribution in [0.1, 0.15) is 22.3 Å². The van der Waals surface area contributed by atoms with Gasteiger partial charge in [-0.15, -0.1) is 0 Å². The maximum atomic E-state index is 12.4. The van der Waals surface area contributed by atoms with E-state index in [1.165, 1.54) is 25.3 Å². The van der Waals surface area contributed by atoms with Crippen LogP contribution in [0.3, 0.4) is 0 Å². The molecule has 0 aliphatic carbocycles. The van der Waals surface area contributed by atoms with Gasteiger partial charge in [0.1, 0.15) is 28.6 Å². The summed E-state index contributed by atoms with van der Waals surface area (Å²) in [5.41, 5.74) is 0.398.